The van der Waals surface area contributed by atoms with Crippen molar-refractivity contribution < 1.29 is 18.3 Å². The molecule has 1 aromatic rings. The number of benzene rings is 1. The Kier molecular flexibility index (Phi) is 6.41. The third-order valence-corrected chi connectivity index (χ3v) is 4.88. The highest BCUT2D eigenvalue weighted by Crippen LogP contribution is 2.23. The van der Waals surface area contributed by atoms with Gasteiger partial charge in [0.05, 0.1) is 17.6 Å². The van der Waals surface area contributed by atoms with Gasteiger partial charge in [-0.15, -0.1) is 0 Å². The summed E-state index contributed by atoms with van der Waals surface area (Å²) >= 11 is 3.20. The molecule has 19 heavy (non-hydrogen) atoms. The second-order valence-corrected chi connectivity index (χ2v) is 6.63. The van der Waals surface area contributed by atoms with E-state index < -0.39 is 10.0 Å². The van der Waals surface area contributed by atoms with Crippen molar-refractivity contribution in [3.8, 4) is 0 Å². The molecular weight excluding hydrogens is 334 g/mol. The lowest BCUT2D eigenvalue weighted by atomic mass is 10.2. The zero-order valence-electron chi connectivity index (χ0n) is 10.9. The maximum atomic E-state index is 12.1. The van der Waals surface area contributed by atoms with E-state index in [4.69, 9.17) is 9.84 Å². The Bertz CT molecular complexity index is 518. The standard InChI is InChI=1S/C12H18BrNO4S/c1-3-18-9(2)7-14-19(16,17)12-5-4-10(8-15)6-11(12)13/h4-6,9,14-15H,3,7-8H2,1-2H3. The summed E-state index contributed by atoms with van der Waals surface area (Å²) in [7, 11) is -3.59. The van der Waals surface area contributed by atoms with Crippen molar-refractivity contribution in [2.24, 2.45) is 0 Å². The molecule has 0 amide bonds. The van der Waals surface area contributed by atoms with Gasteiger partial charge in [-0.05, 0) is 47.5 Å². The van der Waals surface area contributed by atoms with E-state index in [-0.39, 0.29) is 24.2 Å². The topological polar surface area (TPSA) is 75.6 Å². The minimum atomic E-state index is -3.59. The number of rotatable bonds is 7. The largest absolute Gasteiger partial charge is 0.392 e. The third-order valence-electron chi connectivity index (χ3n) is 2.48. The second kappa shape index (κ2) is 7.35. The first-order chi connectivity index (χ1) is 8.90. The lowest BCUT2D eigenvalue weighted by molar-refractivity contribution is 0.0799. The van der Waals surface area contributed by atoms with E-state index in [1.807, 2.05) is 6.92 Å². The van der Waals surface area contributed by atoms with E-state index in [0.29, 0.717) is 16.6 Å². The van der Waals surface area contributed by atoms with Crippen LogP contribution in [0.1, 0.15) is 19.4 Å². The molecular formula is C12H18BrNO4S. The first-order valence-corrected chi connectivity index (χ1v) is 8.19. The zero-order chi connectivity index (χ0) is 14.5. The number of hydrogen-bond acceptors (Lipinski definition) is 4. The van der Waals surface area contributed by atoms with E-state index in [0.717, 1.165) is 0 Å². The van der Waals surface area contributed by atoms with Gasteiger partial charge in [0.2, 0.25) is 10.0 Å². The molecule has 1 aromatic carbocycles. The maximum Gasteiger partial charge on any atom is 0.241 e. The third kappa shape index (κ3) is 4.85. The van der Waals surface area contributed by atoms with E-state index in [2.05, 4.69) is 20.7 Å². The monoisotopic (exact) mass is 351 g/mol. The first-order valence-electron chi connectivity index (χ1n) is 5.91. The van der Waals surface area contributed by atoms with Gasteiger partial charge in [0.25, 0.3) is 0 Å². The Morgan fingerprint density at radius 1 is 1.47 bits per heavy atom. The first kappa shape index (κ1) is 16.6. The molecule has 1 unspecified atom stereocenters. The van der Waals surface area contributed by atoms with Gasteiger partial charge >= 0.3 is 0 Å². The zero-order valence-corrected chi connectivity index (χ0v) is 13.3. The van der Waals surface area contributed by atoms with Crippen LogP contribution < -0.4 is 4.72 Å². The molecule has 0 heterocycles. The van der Waals surface area contributed by atoms with E-state index in [1.54, 1.807) is 19.1 Å². The number of aliphatic hydroxyl groups excluding tert-OH is 1. The van der Waals surface area contributed by atoms with Crippen LogP contribution in [0.25, 0.3) is 0 Å². The molecule has 0 aliphatic heterocycles. The minimum absolute atomic E-state index is 0.131. The Morgan fingerprint density at radius 3 is 2.68 bits per heavy atom. The summed E-state index contributed by atoms with van der Waals surface area (Å²) in [6, 6.07) is 4.62. The molecule has 7 heteroatoms. The van der Waals surface area contributed by atoms with Gasteiger partial charge < -0.3 is 9.84 Å². The van der Waals surface area contributed by atoms with Gasteiger partial charge in [-0.1, -0.05) is 6.07 Å². The van der Waals surface area contributed by atoms with Crippen LogP contribution in [-0.4, -0.2) is 32.8 Å². The average Bonchev–Trinajstić information content (AvgIpc) is 2.36. The van der Waals surface area contributed by atoms with Crippen LogP contribution in [0.2, 0.25) is 0 Å². The Morgan fingerprint density at radius 2 is 2.16 bits per heavy atom. The molecule has 0 fully saturated rings. The van der Waals surface area contributed by atoms with Gasteiger partial charge in [0.15, 0.2) is 0 Å². The fourth-order valence-corrected chi connectivity index (χ4v) is 3.75. The summed E-state index contributed by atoms with van der Waals surface area (Å²) in [6.07, 6.45) is -0.185. The average molecular weight is 352 g/mol. The summed E-state index contributed by atoms with van der Waals surface area (Å²) in [5, 5.41) is 8.99. The summed E-state index contributed by atoms with van der Waals surface area (Å²) in [6.45, 7) is 4.28. The molecule has 1 rings (SSSR count). The maximum absolute atomic E-state index is 12.1. The van der Waals surface area contributed by atoms with Gasteiger partial charge in [-0.2, -0.15) is 0 Å². The van der Waals surface area contributed by atoms with Gasteiger partial charge in [-0.3, -0.25) is 0 Å². The molecule has 5 nitrogen and oxygen atoms in total. The van der Waals surface area contributed by atoms with Gasteiger partial charge in [-0.25, -0.2) is 13.1 Å². The summed E-state index contributed by atoms with van der Waals surface area (Å²) in [4.78, 5) is 0.147. The quantitative estimate of drug-likeness (QED) is 0.782. The lowest BCUT2D eigenvalue weighted by Crippen LogP contribution is -2.32. The molecule has 0 saturated heterocycles. The van der Waals surface area contributed by atoms with Gasteiger partial charge in [0.1, 0.15) is 0 Å². The van der Waals surface area contributed by atoms with Crippen LogP contribution in [-0.2, 0) is 21.4 Å². The molecule has 0 saturated carbocycles. The van der Waals surface area contributed by atoms with Crippen LogP contribution in [0.5, 0.6) is 0 Å². The molecule has 0 aromatic heterocycles. The van der Waals surface area contributed by atoms with Crippen molar-refractivity contribution in [1.82, 2.24) is 4.72 Å². The second-order valence-electron chi connectivity index (χ2n) is 4.04. The number of aliphatic hydroxyl groups is 1. The normalized spacial score (nSPS) is 13.5. The molecule has 0 spiro atoms. The predicted octanol–water partition coefficient (Wildman–Crippen LogP) is 1.64. The minimum Gasteiger partial charge on any atom is -0.392 e. The Labute approximate surface area is 122 Å². The van der Waals surface area contributed by atoms with Crippen molar-refractivity contribution in [2.45, 2.75) is 31.5 Å². The molecule has 2 N–H and O–H groups in total. The van der Waals surface area contributed by atoms with Crippen molar-refractivity contribution in [2.75, 3.05) is 13.2 Å². The van der Waals surface area contributed by atoms with Crippen molar-refractivity contribution in [3.63, 3.8) is 0 Å². The van der Waals surface area contributed by atoms with Crippen LogP contribution >= 0.6 is 15.9 Å². The number of halogens is 1. The molecule has 0 aliphatic carbocycles. The molecule has 1 atom stereocenters. The van der Waals surface area contributed by atoms with E-state index in [1.165, 1.54) is 6.07 Å². The highest BCUT2D eigenvalue weighted by molar-refractivity contribution is 9.10. The molecule has 0 radical (unpaired) electrons. The van der Waals surface area contributed by atoms with E-state index >= 15 is 0 Å². The fourth-order valence-electron chi connectivity index (χ4n) is 1.51. The number of hydrogen-bond donors (Lipinski definition) is 2. The fraction of sp³-hybridized carbons (Fsp3) is 0.500. The predicted molar refractivity (Wildman–Crippen MR) is 76.3 cm³/mol. The smallest absolute Gasteiger partial charge is 0.241 e. The van der Waals surface area contributed by atoms with Crippen LogP contribution in [0.3, 0.4) is 0 Å². The summed E-state index contributed by atoms with van der Waals surface area (Å²) < 4.78 is 32.4. The number of ether oxygens (including phenoxy) is 1. The SMILES string of the molecule is CCOC(C)CNS(=O)(=O)c1ccc(CO)cc1Br. The Balaban J connectivity index is 2.83. The van der Waals surface area contributed by atoms with Crippen molar-refractivity contribution in [3.05, 3.63) is 28.2 Å². The van der Waals surface area contributed by atoms with Crippen LogP contribution in [0, 0.1) is 0 Å². The van der Waals surface area contributed by atoms with Crippen LogP contribution in [0.15, 0.2) is 27.6 Å². The molecule has 0 aliphatic rings. The van der Waals surface area contributed by atoms with Crippen molar-refractivity contribution in [1.29, 1.82) is 0 Å². The molecule has 108 valence electrons. The van der Waals surface area contributed by atoms with E-state index in [9.17, 15) is 8.42 Å². The number of sulfonamides is 1. The Hall–Kier alpha value is -0.470. The highest BCUT2D eigenvalue weighted by atomic mass is 79.9. The lowest BCUT2D eigenvalue weighted by Gasteiger charge is -2.14. The van der Waals surface area contributed by atoms with Crippen LogP contribution in [0.4, 0.5) is 0 Å². The van der Waals surface area contributed by atoms with Crippen molar-refractivity contribution >= 4 is 26.0 Å². The number of nitrogens with one attached hydrogen (secondary N) is 1. The van der Waals surface area contributed by atoms with Gasteiger partial charge in [0, 0.05) is 17.6 Å². The highest BCUT2D eigenvalue weighted by Gasteiger charge is 2.18. The summed E-state index contributed by atoms with van der Waals surface area (Å²) in [5.74, 6) is 0. The molecule has 0 bridgehead atoms. The summed E-state index contributed by atoms with van der Waals surface area (Å²) in [5.41, 5.74) is 0.647.